The molecule has 1 aromatic carbocycles. The highest BCUT2D eigenvalue weighted by Gasteiger charge is 2.35. The number of hydrogen-bond acceptors (Lipinski definition) is 4. The van der Waals surface area contributed by atoms with E-state index in [9.17, 15) is 4.79 Å². The third-order valence-corrected chi connectivity index (χ3v) is 8.34. The van der Waals surface area contributed by atoms with Gasteiger partial charge in [0.15, 0.2) is 0 Å². The molecule has 3 aromatic heterocycles. The number of rotatable bonds is 3. The molecule has 2 bridgehead atoms. The highest BCUT2D eigenvalue weighted by Crippen LogP contribution is 2.38. The maximum absolute atomic E-state index is 13.4. The Morgan fingerprint density at radius 1 is 1.00 bits per heavy atom. The Kier molecular flexibility index (Phi) is 4.22. The van der Waals surface area contributed by atoms with E-state index in [1.54, 1.807) is 11.3 Å². The van der Waals surface area contributed by atoms with Crippen LogP contribution in [0.15, 0.2) is 64.8 Å². The normalized spacial score (nSPS) is 21.4. The molecule has 0 amide bonds. The van der Waals surface area contributed by atoms with Crippen LogP contribution in [0.4, 0.5) is 0 Å². The van der Waals surface area contributed by atoms with Crippen molar-refractivity contribution in [2.24, 2.45) is 5.92 Å². The fraction of sp³-hybridized carbons (Fsp3) is 0.292. The van der Waals surface area contributed by atoms with Gasteiger partial charge in [0.05, 0.1) is 5.56 Å². The van der Waals surface area contributed by atoms with Crippen LogP contribution >= 0.6 is 22.7 Å². The molecule has 0 spiro atoms. The number of pyridine rings is 1. The minimum atomic E-state index is 0.190. The van der Waals surface area contributed by atoms with Crippen molar-refractivity contribution in [3.63, 3.8) is 0 Å². The summed E-state index contributed by atoms with van der Waals surface area (Å²) in [5, 5.41) is 3.38. The van der Waals surface area contributed by atoms with Gasteiger partial charge in [0, 0.05) is 52.2 Å². The lowest BCUT2D eigenvalue weighted by molar-refractivity contribution is 0.115. The third kappa shape index (κ3) is 3.08. The molecule has 0 aliphatic carbocycles. The molecule has 2 aliphatic heterocycles. The molecular formula is C24H22N2OS2. The lowest BCUT2D eigenvalue weighted by atomic mass is 9.83. The third-order valence-electron chi connectivity index (χ3n) is 6.33. The smallest absolute Gasteiger partial charge is 0.259 e. The molecule has 0 N–H and O–H groups in total. The Morgan fingerprint density at radius 3 is 2.79 bits per heavy atom. The molecule has 2 aliphatic rings. The van der Waals surface area contributed by atoms with Crippen molar-refractivity contribution >= 4 is 32.8 Å². The molecule has 0 unspecified atom stereocenters. The van der Waals surface area contributed by atoms with Crippen LogP contribution in [0, 0.1) is 5.92 Å². The molecule has 5 heterocycles. The van der Waals surface area contributed by atoms with Crippen LogP contribution in [0.25, 0.3) is 20.5 Å². The van der Waals surface area contributed by atoms with Crippen LogP contribution in [0.3, 0.4) is 0 Å². The summed E-state index contributed by atoms with van der Waals surface area (Å²) >= 11 is 3.56. The molecule has 5 heteroatoms. The van der Waals surface area contributed by atoms with Crippen LogP contribution in [-0.2, 0) is 13.1 Å². The number of hydrogen-bond donors (Lipinski definition) is 0. The van der Waals surface area contributed by atoms with Gasteiger partial charge in [-0.25, -0.2) is 0 Å². The summed E-state index contributed by atoms with van der Waals surface area (Å²) in [6.07, 6.45) is 1.21. The lowest BCUT2D eigenvalue weighted by Crippen LogP contribution is -2.46. The summed E-state index contributed by atoms with van der Waals surface area (Å²) in [6, 6.07) is 19.2. The number of benzene rings is 1. The van der Waals surface area contributed by atoms with E-state index in [1.807, 2.05) is 11.3 Å². The standard InChI is InChI=1S/C24H22N2OS2/c27-24-20(23-11-17-4-1-2-6-22(17)29-23)7-8-21-18-10-16(13-26(21)24)12-25(14-18)15-19-5-3-9-28-19/h1-9,11,16,18H,10,12-15H2/t16-,18-/m1/s1. The first kappa shape index (κ1) is 17.6. The van der Waals surface area contributed by atoms with Gasteiger partial charge in [-0.05, 0) is 53.4 Å². The van der Waals surface area contributed by atoms with Gasteiger partial charge in [0.25, 0.3) is 5.56 Å². The maximum atomic E-state index is 13.4. The van der Waals surface area contributed by atoms with Crippen molar-refractivity contribution in [3.8, 4) is 10.4 Å². The summed E-state index contributed by atoms with van der Waals surface area (Å²) in [5.74, 6) is 1.03. The van der Waals surface area contributed by atoms with E-state index in [2.05, 4.69) is 69.4 Å². The zero-order valence-electron chi connectivity index (χ0n) is 16.1. The molecule has 6 rings (SSSR count). The van der Waals surface area contributed by atoms with Crippen LogP contribution in [0.2, 0.25) is 0 Å². The van der Waals surface area contributed by atoms with Crippen LogP contribution in [0.5, 0.6) is 0 Å². The number of thiophene rings is 2. The molecule has 0 saturated carbocycles. The van der Waals surface area contributed by atoms with E-state index in [0.29, 0.717) is 11.8 Å². The fourth-order valence-electron chi connectivity index (χ4n) is 5.10. The Hall–Kier alpha value is -2.21. The number of aromatic nitrogens is 1. The zero-order valence-corrected chi connectivity index (χ0v) is 17.7. The van der Waals surface area contributed by atoms with Crippen LogP contribution in [0.1, 0.15) is 22.9 Å². The first-order chi connectivity index (χ1) is 14.2. The van der Waals surface area contributed by atoms with Gasteiger partial charge < -0.3 is 4.57 Å². The van der Waals surface area contributed by atoms with E-state index in [-0.39, 0.29) is 5.56 Å². The molecule has 2 atom stereocenters. The number of fused-ring (bicyclic) bond motifs is 5. The average Bonchev–Trinajstić information content (AvgIpc) is 3.38. The summed E-state index contributed by atoms with van der Waals surface area (Å²) in [7, 11) is 0. The van der Waals surface area contributed by atoms with Crippen molar-refractivity contribution in [2.75, 3.05) is 13.1 Å². The zero-order chi connectivity index (χ0) is 19.4. The minimum absolute atomic E-state index is 0.190. The van der Waals surface area contributed by atoms with Crippen molar-refractivity contribution in [3.05, 3.63) is 80.9 Å². The SMILES string of the molecule is O=c1c(-c2cc3ccccc3s2)ccc2n1C[C@@H]1C[C@@H]2CN(Cc2cccs2)C1. The monoisotopic (exact) mass is 418 g/mol. The van der Waals surface area contributed by atoms with Gasteiger partial charge in [-0.2, -0.15) is 0 Å². The van der Waals surface area contributed by atoms with E-state index in [1.165, 1.54) is 27.1 Å². The predicted octanol–water partition coefficient (Wildman–Crippen LogP) is 5.41. The highest BCUT2D eigenvalue weighted by atomic mass is 32.1. The van der Waals surface area contributed by atoms with Crippen molar-refractivity contribution in [2.45, 2.75) is 25.4 Å². The van der Waals surface area contributed by atoms with Gasteiger partial charge >= 0.3 is 0 Å². The Labute approximate surface area is 177 Å². The van der Waals surface area contributed by atoms with E-state index in [4.69, 9.17) is 0 Å². The number of likely N-dealkylation sites (tertiary alicyclic amines) is 1. The molecule has 29 heavy (non-hydrogen) atoms. The molecule has 4 aromatic rings. The summed E-state index contributed by atoms with van der Waals surface area (Å²) < 4.78 is 3.33. The van der Waals surface area contributed by atoms with E-state index < -0.39 is 0 Å². The molecule has 0 radical (unpaired) electrons. The molecule has 1 saturated heterocycles. The Balaban J connectivity index is 1.34. The second-order valence-corrected chi connectivity index (χ2v) is 10.4. The Bertz CT molecular complexity index is 1200. The average molecular weight is 419 g/mol. The molecule has 3 nitrogen and oxygen atoms in total. The topological polar surface area (TPSA) is 25.2 Å². The lowest BCUT2D eigenvalue weighted by Gasteiger charge is -2.42. The second kappa shape index (κ2) is 6.94. The van der Waals surface area contributed by atoms with Crippen LogP contribution in [-0.4, -0.2) is 22.6 Å². The predicted molar refractivity (Wildman–Crippen MR) is 122 cm³/mol. The molecular weight excluding hydrogens is 396 g/mol. The fourth-order valence-corrected chi connectivity index (χ4v) is 6.92. The van der Waals surface area contributed by atoms with E-state index >= 15 is 0 Å². The second-order valence-electron chi connectivity index (χ2n) is 8.31. The molecule has 1 fully saturated rings. The summed E-state index contributed by atoms with van der Waals surface area (Å²) in [6.45, 7) is 4.03. The Morgan fingerprint density at radius 2 is 1.93 bits per heavy atom. The molecule has 146 valence electrons. The van der Waals surface area contributed by atoms with Gasteiger partial charge in [-0.3, -0.25) is 9.69 Å². The van der Waals surface area contributed by atoms with Gasteiger partial charge in [-0.1, -0.05) is 24.3 Å². The minimum Gasteiger partial charge on any atom is -0.311 e. The van der Waals surface area contributed by atoms with Crippen molar-refractivity contribution in [1.29, 1.82) is 0 Å². The van der Waals surface area contributed by atoms with E-state index in [0.717, 1.165) is 36.6 Å². The summed E-state index contributed by atoms with van der Waals surface area (Å²) in [4.78, 5) is 18.5. The first-order valence-electron chi connectivity index (χ1n) is 10.2. The summed E-state index contributed by atoms with van der Waals surface area (Å²) in [5.41, 5.74) is 2.27. The van der Waals surface area contributed by atoms with Gasteiger partial charge in [0.1, 0.15) is 0 Å². The number of piperidine rings is 1. The van der Waals surface area contributed by atoms with Gasteiger partial charge in [-0.15, -0.1) is 22.7 Å². The first-order valence-corrected chi connectivity index (χ1v) is 11.9. The quantitative estimate of drug-likeness (QED) is 0.444. The highest BCUT2D eigenvalue weighted by molar-refractivity contribution is 7.22. The van der Waals surface area contributed by atoms with Crippen LogP contribution < -0.4 is 5.56 Å². The van der Waals surface area contributed by atoms with Gasteiger partial charge in [0.2, 0.25) is 0 Å². The maximum Gasteiger partial charge on any atom is 0.259 e. The largest absolute Gasteiger partial charge is 0.311 e. The number of nitrogens with zero attached hydrogens (tertiary/aromatic N) is 2. The van der Waals surface area contributed by atoms with Crippen molar-refractivity contribution < 1.29 is 0 Å². The van der Waals surface area contributed by atoms with Crippen molar-refractivity contribution in [1.82, 2.24) is 9.47 Å².